The fraction of sp³-hybridized carbons (Fsp3) is 0.619. The highest BCUT2D eigenvalue weighted by atomic mass is 32.1. The number of nitrogens with zero attached hydrogens (tertiary/aromatic N) is 5. The summed E-state index contributed by atoms with van der Waals surface area (Å²) >= 11 is 1.64. The maximum absolute atomic E-state index is 14.2. The highest BCUT2D eigenvalue weighted by Crippen LogP contribution is 2.48. The van der Waals surface area contributed by atoms with Crippen molar-refractivity contribution in [2.24, 2.45) is 0 Å². The molecule has 9 heteroatoms. The lowest BCUT2D eigenvalue weighted by Crippen LogP contribution is -2.29. The van der Waals surface area contributed by atoms with Crippen LogP contribution in [-0.2, 0) is 0 Å². The van der Waals surface area contributed by atoms with Gasteiger partial charge in [0, 0.05) is 31.3 Å². The van der Waals surface area contributed by atoms with Gasteiger partial charge >= 0.3 is 0 Å². The minimum atomic E-state index is -1.10. The Bertz CT molecular complexity index is 1120. The Kier molecular flexibility index (Phi) is 4.68. The lowest BCUT2D eigenvalue weighted by molar-refractivity contribution is 0.103. The molecule has 0 saturated heterocycles. The molecule has 160 valence electrons. The summed E-state index contributed by atoms with van der Waals surface area (Å²) in [6.45, 7) is 1.67. The van der Waals surface area contributed by atoms with Crippen LogP contribution in [0.1, 0.15) is 74.8 Å². The van der Waals surface area contributed by atoms with Gasteiger partial charge in [0.25, 0.3) is 5.56 Å². The molecule has 2 atom stereocenters. The molecular formula is C21H27FN6OS. The Morgan fingerprint density at radius 2 is 1.93 bits per heavy atom. The molecule has 30 heavy (non-hydrogen) atoms. The van der Waals surface area contributed by atoms with Crippen molar-refractivity contribution in [3.8, 4) is 0 Å². The van der Waals surface area contributed by atoms with E-state index in [0.29, 0.717) is 36.7 Å². The number of hydrogen-bond donors (Lipinski definition) is 1. The summed E-state index contributed by atoms with van der Waals surface area (Å²) in [5.74, 6) is 1.15. The minimum absolute atomic E-state index is 0.0897. The molecule has 2 saturated carbocycles. The molecular weight excluding hydrogens is 403 g/mol. The predicted molar refractivity (Wildman–Crippen MR) is 116 cm³/mol. The number of alkyl halides is 1. The Hall–Kier alpha value is -2.29. The molecule has 1 N–H and O–H groups in total. The van der Waals surface area contributed by atoms with Crippen LogP contribution in [0.15, 0.2) is 16.4 Å². The van der Waals surface area contributed by atoms with E-state index < -0.39 is 5.67 Å². The van der Waals surface area contributed by atoms with Gasteiger partial charge in [-0.25, -0.2) is 19.0 Å². The van der Waals surface area contributed by atoms with E-state index in [4.69, 9.17) is 9.97 Å². The standard InChI is InChI=1S/C21H27FN6OS/c1-21(22)8-6-12(7-9-21)28-18-15(10-23-28)19(29)26-17(25-18)14-5-4-13(14)16-11-30-20(24-16)27(2)3/h10-14H,4-9H2,1-3H3,(H,25,26,29)/t12?,13?,14-,21?/m1/s1. The van der Waals surface area contributed by atoms with Crippen molar-refractivity contribution in [1.29, 1.82) is 0 Å². The van der Waals surface area contributed by atoms with Gasteiger partial charge in [0.15, 0.2) is 10.8 Å². The van der Waals surface area contributed by atoms with Crippen LogP contribution in [0.4, 0.5) is 9.52 Å². The highest BCUT2D eigenvalue weighted by molar-refractivity contribution is 7.13. The molecule has 2 fully saturated rings. The molecule has 0 aliphatic heterocycles. The molecule has 2 aliphatic rings. The van der Waals surface area contributed by atoms with E-state index >= 15 is 0 Å². The molecule has 1 unspecified atom stereocenters. The van der Waals surface area contributed by atoms with E-state index in [1.807, 2.05) is 23.7 Å². The second-order valence-corrected chi connectivity index (χ2v) is 10.00. The first-order valence-corrected chi connectivity index (χ1v) is 11.5. The average Bonchev–Trinajstić information content (AvgIpc) is 3.29. The number of aromatic amines is 1. The van der Waals surface area contributed by atoms with Crippen molar-refractivity contribution in [2.45, 2.75) is 69.0 Å². The number of nitrogens with one attached hydrogen (secondary N) is 1. The first-order valence-electron chi connectivity index (χ1n) is 10.6. The quantitative estimate of drug-likeness (QED) is 0.673. The second-order valence-electron chi connectivity index (χ2n) is 9.16. The third-order valence-corrected chi connectivity index (χ3v) is 7.75. The van der Waals surface area contributed by atoms with Crippen LogP contribution in [0, 0.1) is 0 Å². The van der Waals surface area contributed by atoms with E-state index in [9.17, 15) is 9.18 Å². The summed E-state index contributed by atoms with van der Waals surface area (Å²) < 4.78 is 16.1. The molecule has 3 aromatic heterocycles. The van der Waals surface area contributed by atoms with Crippen molar-refractivity contribution in [2.75, 3.05) is 19.0 Å². The van der Waals surface area contributed by atoms with E-state index in [0.717, 1.165) is 29.5 Å². The fourth-order valence-electron chi connectivity index (χ4n) is 4.68. The normalized spacial score (nSPS) is 29.1. The summed E-state index contributed by atoms with van der Waals surface area (Å²) in [4.78, 5) is 27.4. The van der Waals surface area contributed by atoms with Crippen LogP contribution in [0.5, 0.6) is 0 Å². The van der Waals surface area contributed by atoms with E-state index in [-0.39, 0.29) is 23.4 Å². The van der Waals surface area contributed by atoms with Gasteiger partial charge in [0.1, 0.15) is 16.9 Å². The van der Waals surface area contributed by atoms with Crippen molar-refractivity contribution in [3.63, 3.8) is 0 Å². The molecule has 0 amide bonds. The molecule has 3 aromatic rings. The first-order chi connectivity index (χ1) is 14.3. The summed E-state index contributed by atoms with van der Waals surface area (Å²) in [7, 11) is 3.98. The molecule has 0 radical (unpaired) electrons. The fourth-order valence-corrected chi connectivity index (χ4v) is 5.50. The van der Waals surface area contributed by atoms with Gasteiger partial charge in [0.2, 0.25) is 0 Å². The lowest BCUT2D eigenvalue weighted by atomic mass is 9.71. The van der Waals surface area contributed by atoms with Crippen LogP contribution < -0.4 is 10.5 Å². The highest BCUT2D eigenvalue weighted by Gasteiger charge is 2.38. The monoisotopic (exact) mass is 430 g/mol. The zero-order valence-corrected chi connectivity index (χ0v) is 18.4. The number of thiazole rings is 1. The van der Waals surface area contributed by atoms with Crippen molar-refractivity contribution in [3.05, 3.63) is 33.4 Å². The van der Waals surface area contributed by atoms with Crippen LogP contribution in [-0.4, -0.2) is 44.5 Å². The summed E-state index contributed by atoms with van der Waals surface area (Å²) in [5, 5.41) is 8.08. The summed E-state index contributed by atoms with van der Waals surface area (Å²) in [6.07, 6.45) is 6.06. The maximum atomic E-state index is 14.2. The number of halogens is 1. The number of fused-ring (bicyclic) bond motifs is 1. The van der Waals surface area contributed by atoms with Crippen LogP contribution in [0.3, 0.4) is 0 Å². The predicted octanol–water partition coefficient (Wildman–Crippen LogP) is 4.15. The van der Waals surface area contributed by atoms with Crippen molar-refractivity contribution >= 4 is 27.5 Å². The second kappa shape index (κ2) is 7.14. The zero-order valence-electron chi connectivity index (χ0n) is 17.6. The molecule has 5 rings (SSSR count). The molecule has 2 aliphatic carbocycles. The smallest absolute Gasteiger partial charge is 0.262 e. The van der Waals surface area contributed by atoms with E-state index in [1.54, 1.807) is 24.5 Å². The SMILES string of the molecule is CN(C)c1nc(C2CC[C@H]2c2nc3c(cnn3C3CCC(C)(F)CC3)c(=O)[nH]2)cs1. The summed E-state index contributed by atoms with van der Waals surface area (Å²) in [6, 6.07) is 0.0897. The Morgan fingerprint density at radius 3 is 2.57 bits per heavy atom. The Balaban J connectivity index is 1.46. The van der Waals surface area contributed by atoms with Gasteiger partial charge in [-0.3, -0.25) is 4.79 Å². The van der Waals surface area contributed by atoms with Gasteiger partial charge in [0.05, 0.1) is 17.9 Å². The molecule has 7 nitrogen and oxygen atoms in total. The van der Waals surface area contributed by atoms with Gasteiger partial charge in [-0.05, 0) is 45.4 Å². The largest absolute Gasteiger partial charge is 0.354 e. The summed E-state index contributed by atoms with van der Waals surface area (Å²) in [5.41, 5.74) is 0.447. The molecule has 0 aromatic carbocycles. The molecule has 0 spiro atoms. The van der Waals surface area contributed by atoms with E-state index in [2.05, 4.69) is 15.5 Å². The number of hydrogen-bond acceptors (Lipinski definition) is 6. The minimum Gasteiger partial charge on any atom is -0.354 e. The van der Waals surface area contributed by atoms with Crippen LogP contribution >= 0.6 is 11.3 Å². The lowest BCUT2D eigenvalue weighted by Gasteiger charge is -2.34. The van der Waals surface area contributed by atoms with Crippen LogP contribution in [0.2, 0.25) is 0 Å². The van der Waals surface area contributed by atoms with Crippen molar-refractivity contribution in [1.82, 2.24) is 24.7 Å². The average molecular weight is 431 g/mol. The van der Waals surface area contributed by atoms with Gasteiger partial charge in [-0.15, -0.1) is 11.3 Å². The number of anilines is 1. The van der Waals surface area contributed by atoms with Crippen LogP contribution in [0.25, 0.3) is 11.0 Å². The van der Waals surface area contributed by atoms with E-state index in [1.165, 1.54) is 0 Å². The Morgan fingerprint density at radius 1 is 1.20 bits per heavy atom. The van der Waals surface area contributed by atoms with Gasteiger partial charge in [-0.1, -0.05) is 0 Å². The number of rotatable bonds is 4. The van der Waals surface area contributed by atoms with Crippen molar-refractivity contribution < 1.29 is 4.39 Å². The number of H-pyrrole nitrogens is 1. The molecule has 3 heterocycles. The zero-order chi connectivity index (χ0) is 21.0. The first kappa shape index (κ1) is 19.7. The number of aromatic nitrogens is 5. The maximum Gasteiger partial charge on any atom is 0.262 e. The third kappa shape index (κ3) is 3.33. The Labute approximate surface area is 178 Å². The molecule has 0 bridgehead atoms. The van der Waals surface area contributed by atoms with Gasteiger partial charge in [-0.2, -0.15) is 5.10 Å². The third-order valence-electron chi connectivity index (χ3n) is 6.72. The van der Waals surface area contributed by atoms with Gasteiger partial charge < -0.3 is 9.88 Å². The topological polar surface area (TPSA) is 79.7 Å².